The van der Waals surface area contributed by atoms with Gasteiger partial charge < -0.3 is 15.8 Å². The molecule has 1 heterocycles. The van der Waals surface area contributed by atoms with Crippen molar-refractivity contribution < 1.29 is 22.7 Å². The molecule has 0 unspecified atom stereocenters. The fourth-order valence-corrected chi connectivity index (χ4v) is 2.72. The Balaban J connectivity index is 2.55. The van der Waals surface area contributed by atoms with Crippen molar-refractivity contribution in [1.29, 1.82) is 0 Å². The zero-order chi connectivity index (χ0) is 20.6. The first-order valence-electron chi connectivity index (χ1n) is 7.78. The molecule has 1 aromatic carbocycles. The molecule has 146 valence electrons. The van der Waals surface area contributed by atoms with Crippen molar-refractivity contribution in [3.05, 3.63) is 33.0 Å². The first-order valence-corrected chi connectivity index (χ1v) is 8.86. The third-order valence-corrected chi connectivity index (χ3v) is 4.52. The van der Waals surface area contributed by atoms with Crippen LogP contribution in [0.15, 0.2) is 18.2 Å². The minimum absolute atomic E-state index is 0.0618. The number of hydrogen-bond acceptors (Lipinski definition) is 5. The molecule has 2 aromatic rings. The first kappa shape index (κ1) is 21.2. The summed E-state index contributed by atoms with van der Waals surface area (Å²) in [5.41, 5.74) is 4.94. The summed E-state index contributed by atoms with van der Waals surface area (Å²) in [5.74, 6) is -0.319. The van der Waals surface area contributed by atoms with Crippen molar-refractivity contribution >= 4 is 34.6 Å². The zero-order valence-corrected chi connectivity index (χ0v) is 17.2. The molecule has 27 heavy (non-hydrogen) atoms. The van der Waals surface area contributed by atoms with Crippen LogP contribution in [0.5, 0.6) is 5.75 Å². The van der Waals surface area contributed by atoms with E-state index < -0.39 is 23.4 Å². The Morgan fingerprint density at radius 3 is 2.37 bits per heavy atom. The second-order valence-electron chi connectivity index (χ2n) is 6.84. The number of nitrogens with two attached hydrogens (primary N) is 1. The molecule has 0 aliphatic carbocycles. The Morgan fingerprint density at radius 1 is 1.19 bits per heavy atom. The number of rotatable bonds is 2. The number of nitrogen functional groups attached to an aromatic ring is 1. The van der Waals surface area contributed by atoms with Crippen molar-refractivity contribution in [2.75, 3.05) is 5.73 Å². The van der Waals surface area contributed by atoms with E-state index in [0.29, 0.717) is 9.26 Å². The first-order chi connectivity index (χ1) is 12.3. The summed E-state index contributed by atoms with van der Waals surface area (Å²) in [6.45, 7) is 6.84. The summed E-state index contributed by atoms with van der Waals surface area (Å²) < 4.78 is 45.6. The van der Waals surface area contributed by atoms with E-state index >= 15 is 0 Å². The van der Waals surface area contributed by atoms with Gasteiger partial charge in [0.1, 0.15) is 5.75 Å². The molecule has 3 N–H and O–H groups in total. The Labute approximate surface area is 167 Å². The quantitative estimate of drug-likeness (QED) is 0.599. The number of benzene rings is 1. The van der Waals surface area contributed by atoms with Gasteiger partial charge in [-0.25, -0.2) is 14.8 Å². The summed E-state index contributed by atoms with van der Waals surface area (Å²) >= 11 is 1.93. The lowest BCUT2D eigenvalue weighted by Gasteiger charge is -2.20. The van der Waals surface area contributed by atoms with E-state index in [1.807, 2.05) is 22.6 Å². The van der Waals surface area contributed by atoms with E-state index in [2.05, 4.69) is 15.3 Å². The van der Waals surface area contributed by atoms with Gasteiger partial charge in [-0.15, -0.1) is 0 Å². The molecule has 1 aromatic heterocycles. The highest BCUT2D eigenvalue weighted by Gasteiger charge is 2.32. The second kappa shape index (κ2) is 7.49. The van der Waals surface area contributed by atoms with Crippen LogP contribution in [0.4, 0.5) is 23.9 Å². The van der Waals surface area contributed by atoms with Crippen molar-refractivity contribution in [3.63, 3.8) is 0 Å². The number of anilines is 1. The van der Waals surface area contributed by atoms with E-state index in [-0.39, 0.29) is 23.0 Å². The highest BCUT2D eigenvalue weighted by Crippen LogP contribution is 2.36. The highest BCUT2D eigenvalue weighted by molar-refractivity contribution is 14.1. The molecule has 0 radical (unpaired) electrons. The third-order valence-electron chi connectivity index (χ3n) is 3.23. The molecule has 6 nitrogen and oxygen atoms in total. The standard InChI is InChI=1S/C17H18F3IN4O2/c1-8-12(21)13(24-14(22)23-8)9-5-10(17(18,19)20)7-11(6-9)27-15(26)25-16(2,3)4/h5-7H,1-4H3,(H,25,26)(H2,22,23,24). The summed E-state index contributed by atoms with van der Waals surface area (Å²) in [6.07, 6.45) is -5.49. The third kappa shape index (κ3) is 5.68. The number of aryl methyl sites for hydroxylation is 1. The second-order valence-corrected chi connectivity index (χ2v) is 7.92. The normalized spacial score (nSPS) is 12.0. The molecule has 0 fully saturated rings. The van der Waals surface area contributed by atoms with Crippen molar-refractivity contribution in [1.82, 2.24) is 15.3 Å². The number of carbonyl (C=O) groups excluding carboxylic acids is 1. The van der Waals surface area contributed by atoms with Crippen LogP contribution in [0.1, 0.15) is 32.0 Å². The monoisotopic (exact) mass is 494 g/mol. The maximum atomic E-state index is 13.3. The molecule has 2 rings (SSSR count). The Morgan fingerprint density at radius 2 is 1.81 bits per heavy atom. The van der Waals surface area contributed by atoms with Gasteiger partial charge in [0.15, 0.2) is 0 Å². The van der Waals surface area contributed by atoms with Crippen LogP contribution in [-0.2, 0) is 6.18 Å². The van der Waals surface area contributed by atoms with Crippen LogP contribution < -0.4 is 15.8 Å². The van der Waals surface area contributed by atoms with Gasteiger partial charge in [0, 0.05) is 11.1 Å². The summed E-state index contributed by atoms with van der Waals surface area (Å²) in [6, 6.07) is 2.99. The molecule has 0 saturated carbocycles. The summed E-state index contributed by atoms with van der Waals surface area (Å²) in [7, 11) is 0. The molecule has 0 spiro atoms. The lowest BCUT2D eigenvalue weighted by molar-refractivity contribution is -0.137. The van der Waals surface area contributed by atoms with Gasteiger partial charge in [-0.3, -0.25) is 0 Å². The Kier molecular flexibility index (Phi) is 5.88. The molecule has 1 amide bonds. The van der Waals surface area contributed by atoms with Crippen LogP contribution in [0.3, 0.4) is 0 Å². The van der Waals surface area contributed by atoms with E-state index in [1.165, 1.54) is 6.07 Å². The number of halogens is 4. The van der Waals surface area contributed by atoms with Crippen LogP contribution in [-0.4, -0.2) is 21.6 Å². The molecule has 0 atom stereocenters. The average Bonchev–Trinajstić information content (AvgIpc) is 2.47. The fourth-order valence-electron chi connectivity index (χ4n) is 2.17. The smallest absolute Gasteiger partial charge is 0.410 e. The van der Waals surface area contributed by atoms with Crippen LogP contribution in [0, 0.1) is 10.5 Å². The zero-order valence-electron chi connectivity index (χ0n) is 15.0. The molecule has 0 aliphatic heterocycles. The van der Waals surface area contributed by atoms with Crippen LogP contribution in [0.2, 0.25) is 0 Å². The van der Waals surface area contributed by atoms with Gasteiger partial charge in [0.25, 0.3) is 0 Å². The number of nitrogens with zero attached hydrogens (tertiary/aromatic N) is 2. The van der Waals surface area contributed by atoms with Crippen molar-refractivity contribution in [2.45, 2.75) is 39.4 Å². The van der Waals surface area contributed by atoms with Gasteiger partial charge in [0.2, 0.25) is 5.95 Å². The topological polar surface area (TPSA) is 90.1 Å². The van der Waals surface area contributed by atoms with Crippen LogP contribution >= 0.6 is 22.6 Å². The number of alkyl halides is 3. The molecule has 10 heteroatoms. The Hall–Kier alpha value is -2.11. The molecular weight excluding hydrogens is 476 g/mol. The lowest BCUT2D eigenvalue weighted by atomic mass is 10.1. The number of nitrogens with one attached hydrogen (secondary N) is 1. The largest absolute Gasteiger partial charge is 0.416 e. The SMILES string of the molecule is Cc1nc(N)nc(-c2cc(OC(=O)NC(C)(C)C)cc(C(F)(F)F)c2)c1I. The van der Waals surface area contributed by atoms with Gasteiger partial charge in [-0.2, -0.15) is 13.2 Å². The maximum Gasteiger partial charge on any atom is 0.416 e. The van der Waals surface area contributed by atoms with E-state index in [1.54, 1.807) is 27.7 Å². The maximum absolute atomic E-state index is 13.3. The summed E-state index contributed by atoms with van der Waals surface area (Å²) in [4.78, 5) is 20.0. The Bertz CT molecular complexity index is 880. The molecule has 0 bridgehead atoms. The number of ether oxygens (including phenoxy) is 1. The van der Waals surface area contributed by atoms with Gasteiger partial charge in [0.05, 0.1) is 20.5 Å². The average molecular weight is 494 g/mol. The van der Waals surface area contributed by atoms with E-state index in [0.717, 1.165) is 12.1 Å². The number of carbonyl (C=O) groups is 1. The van der Waals surface area contributed by atoms with Crippen molar-refractivity contribution in [3.8, 4) is 17.0 Å². The highest BCUT2D eigenvalue weighted by atomic mass is 127. The van der Waals surface area contributed by atoms with Gasteiger partial charge in [-0.1, -0.05) is 0 Å². The van der Waals surface area contributed by atoms with Crippen LogP contribution in [0.25, 0.3) is 11.3 Å². The molecule has 0 aliphatic rings. The van der Waals surface area contributed by atoms with E-state index in [4.69, 9.17) is 10.5 Å². The minimum Gasteiger partial charge on any atom is -0.410 e. The lowest BCUT2D eigenvalue weighted by Crippen LogP contribution is -2.42. The fraction of sp³-hybridized carbons (Fsp3) is 0.353. The predicted octanol–water partition coefficient (Wildman–Crippen LogP) is 4.54. The molecule has 0 saturated heterocycles. The predicted molar refractivity (Wildman–Crippen MR) is 103 cm³/mol. The number of aromatic nitrogens is 2. The molecular formula is C17H18F3IN4O2. The van der Waals surface area contributed by atoms with E-state index in [9.17, 15) is 18.0 Å². The minimum atomic E-state index is -4.63. The number of amides is 1. The van der Waals surface area contributed by atoms with Gasteiger partial charge in [-0.05, 0) is 68.5 Å². The van der Waals surface area contributed by atoms with Gasteiger partial charge >= 0.3 is 12.3 Å². The van der Waals surface area contributed by atoms with Crippen molar-refractivity contribution in [2.24, 2.45) is 0 Å². The summed E-state index contributed by atoms with van der Waals surface area (Å²) in [5, 5.41) is 2.53. The number of hydrogen-bond donors (Lipinski definition) is 2.